The molecule has 0 heterocycles. The Morgan fingerprint density at radius 1 is 1.28 bits per heavy atom. The Morgan fingerprint density at radius 2 is 1.88 bits per heavy atom. The third-order valence-corrected chi connectivity index (χ3v) is 5.77. The summed E-state index contributed by atoms with van der Waals surface area (Å²) < 4.78 is 43.5. The van der Waals surface area contributed by atoms with Gasteiger partial charge in [-0.1, -0.05) is 26.0 Å². The first-order chi connectivity index (χ1) is 11.5. The van der Waals surface area contributed by atoms with Crippen molar-refractivity contribution in [3.05, 3.63) is 53.8 Å². The highest BCUT2D eigenvalue weighted by molar-refractivity contribution is 6.01. The van der Waals surface area contributed by atoms with Crippen molar-refractivity contribution in [3.63, 3.8) is 0 Å². The molecular weight excluding hydrogens is 329 g/mol. The van der Waals surface area contributed by atoms with Crippen LogP contribution >= 0.6 is 0 Å². The molecule has 0 saturated heterocycles. The van der Waals surface area contributed by atoms with Crippen molar-refractivity contribution in [1.29, 1.82) is 0 Å². The molecule has 3 aliphatic carbocycles. The Hall–Kier alpha value is -2.04. The number of allylic oxidation sites excluding steroid dienone is 3. The lowest BCUT2D eigenvalue weighted by Crippen LogP contribution is -2.66. The topological polar surface area (TPSA) is 26.3 Å². The van der Waals surface area contributed by atoms with Gasteiger partial charge in [0.25, 0.3) is 0 Å². The van der Waals surface area contributed by atoms with Gasteiger partial charge in [-0.25, -0.2) is 0 Å². The van der Waals surface area contributed by atoms with Gasteiger partial charge in [-0.2, -0.15) is 13.2 Å². The fourth-order valence-corrected chi connectivity index (χ4v) is 4.35. The first kappa shape index (κ1) is 17.8. The SMILES string of the molecule is C=C1CCC2C(=O)C1(/C=C(\C)Oc1ccc(C(F)(F)F)cc1)C2(C)C. The highest BCUT2D eigenvalue weighted by atomic mass is 19.4. The largest absolute Gasteiger partial charge is 0.462 e. The zero-order chi connectivity index (χ0) is 18.6. The van der Waals surface area contributed by atoms with Gasteiger partial charge in [0.1, 0.15) is 5.75 Å². The van der Waals surface area contributed by atoms with Gasteiger partial charge in [-0.05, 0) is 55.5 Å². The van der Waals surface area contributed by atoms with Crippen LogP contribution in [-0.4, -0.2) is 5.78 Å². The normalized spacial score (nSPS) is 28.6. The lowest BCUT2D eigenvalue weighted by Gasteiger charge is -2.63. The van der Waals surface area contributed by atoms with Crippen LogP contribution in [0.3, 0.4) is 0 Å². The summed E-state index contributed by atoms with van der Waals surface area (Å²) in [5.41, 5.74) is -0.782. The minimum absolute atomic E-state index is 0.0353. The van der Waals surface area contributed by atoms with E-state index >= 15 is 0 Å². The van der Waals surface area contributed by atoms with Crippen LogP contribution in [0.1, 0.15) is 39.2 Å². The molecule has 1 aromatic rings. The van der Waals surface area contributed by atoms with Gasteiger partial charge >= 0.3 is 6.18 Å². The molecule has 2 nitrogen and oxygen atoms in total. The van der Waals surface area contributed by atoms with E-state index in [0.29, 0.717) is 11.5 Å². The minimum Gasteiger partial charge on any atom is -0.462 e. The summed E-state index contributed by atoms with van der Waals surface area (Å²) in [4.78, 5) is 12.6. The van der Waals surface area contributed by atoms with Crippen molar-refractivity contribution in [1.82, 2.24) is 0 Å². The Bertz CT molecular complexity index is 746. The van der Waals surface area contributed by atoms with Crippen LogP contribution in [0.4, 0.5) is 13.2 Å². The monoisotopic (exact) mass is 350 g/mol. The summed E-state index contributed by atoms with van der Waals surface area (Å²) in [6.45, 7) is 9.94. The summed E-state index contributed by atoms with van der Waals surface area (Å²) in [6, 6.07) is 4.53. The number of carbonyl (C=O) groups excluding carboxylic acids is 1. The van der Waals surface area contributed by atoms with E-state index in [2.05, 4.69) is 20.4 Å². The molecule has 0 aliphatic heterocycles. The first-order valence-electron chi connectivity index (χ1n) is 8.27. The zero-order valence-electron chi connectivity index (χ0n) is 14.5. The maximum atomic E-state index is 12.6. The highest BCUT2D eigenvalue weighted by Crippen LogP contribution is 2.67. The Labute approximate surface area is 145 Å². The lowest BCUT2D eigenvalue weighted by atomic mass is 9.37. The van der Waals surface area contributed by atoms with Gasteiger partial charge in [0, 0.05) is 5.92 Å². The minimum atomic E-state index is -4.38. The van der Waals surface area contributed by atoms with E-state index in [-0.39, 0.29) is 17.1 Å². The Kier molecular flexibility index (Phi) is 3.90. The van der Waals surface area contributed by atoms with Crippen LogP contribution < -0.4 is 4.74 Å². The maximum absolute atomic E-state index is 12.6. The zero-order valence-corrected chi connectivity index (χ0v) is 14.5. The molecule has 25 heavy (non-hydrogen) atoms. The molecule has 0 radical (unpaired) electrons. The molecule has 0 aromatic heterocycles. The quantitative estimate of drug-likeness (QED) is 0.528. The van der Waals surface area contributed by atoms with Crippen molar-refractivity contribution >= 4 is 5.78 Å². The number of halogens is 3. The fourth-order valence-electron chi connectivity index (χ4n) is 4.35. The number of fused-ring (bicyclic) bond motifs is 2. The van der Waals surface area contributed by atoms with Gasteiger partial charge in [0.15, 0.2) is 5.78 Å². The van der Waals surface area contributed by atoms with Crippen LogP contribution in [0.2, 0.25) is 0 Å². The maximum Gasteiger partial charge on any atom is 0.416 e. The number of ketones is 1. The molecule has 1 aromatic carbocycles. The van der Waals surface area contributed by atoms with Crippen LogP contribution in [0.15, 0.2) is 48.3 Å². The molecule has 5 heteroatoms. The number of hydrogen-bond acceptors (Lipinski definition) is 2. The molecule has 2 bridgehead atoms. The van der Waals surface area contributed by atoms with Gasteiger partial charge in [-0.3, -0.25) is 4.79 Å². The highest BCUT2D eigenvalue weighted by Gasteiger charge is 2.69. The molecule has 2 unspecified atom stereocenters. The standard InChI is InChI=1S/C20H21F3O2/c1-12-5-10-16-17(24)19(12,18(16,3)4)11-13(2)25-15-8-6-14(7-9-15)20(21,22)23/h6-9,11,16H,1,5,10H2,2-4H3/b13-11+. The first-order valence-corrected chi connectivity index (χ1v) is 8.27. The number of benzene rings is 1. The van der Waals surface area contributed by atoms with Gasteiger partial charge in [-0.15, -0.1) is 0 Å². The third kappa shape index (κ3) is 2.52. The van der Waals surface area contributed by atoms with Gasteiger partial charge in [0.05, 0.1) is 16.7 Å². The number of Topliss-reactive ketones (excluding diaryl/α,β-unsaturated/α-hetero) is 1. The second-order valence-electron chi connectivity index (χ2n) is 7.47. The average Bonchev–Trinajstić information content (AvgIpc) is 2.50. The third-order valence-electron chi connectivity index (χ3n) is 5.77. The summed E-state index contributed by atoms with van der Waals surface area (Å²) in [5.74, 6) is 1.00. The summed E-state index contributed by atoms with van der Waals surface area (Å²) in [5, 5.41) is 0. The van der Waals surface area contributed by atoms with E-state index in [1.807, 2.05) is 0 Å². The summed E-state index contributed by atoms with van der Waals surface area (Å²) in [7, 11) is 0. The molecule has 0 amide bonds. The smallest absolute Gasteiger partial charge is 0.416 e. The number of ether oxygens (including phenoxy) is 1. The summed E-state index contributed by atoms with van der Waals surface area (Å²) >= 11 is 0. The molecule has 134 valence electrons. The van der Waals surface area contributed by atoms with Crippen molar-refractivity contribution in [2.75, 3.05) is 0 Å². The molecule has 3 saturated carbocycles. The number of alkyl halides is 3. The van der Waals surface area contributed by atoms with Gasteiger partial charge in [0.2, 0.25) is 0 Å². The molecule has 3 fully saturated rings. The molecular formula is C20H21F3O2. The van der Waals surface area contributed by atoms with Crippen molar-refractivity contribution in [2.45, 2.75) is 39.8 Å². The molecule has 4 rings (SSSR count). The Morgan fingerprint density at radius 3 is 2.36 bits per heavy atom. The van der Waals surface area contributed by atoms with E-state index in [1.54, 1.807) is 13.0 Å². The van der Waals surface area contributed by atoms with E-state index in [1.165, 1.54) is 12.1 Å². The molecule has 0 spiro atoms. The second-order valence-corrected chi connectivity index (χ2v) is 7.47. The van der Waals surface area contributed by atoms with Gasteiger partial charge < -0.3 is 4.74 Å². The average molecular weight is 350 g/mol. The van der Waals surface area contributed by atoms with E-state index < -0.39 is 17.2 Å². The predicted molar refractivity (Wildman–Crippen MR) is 88.9 cm³/mol. The second kappa shape index (κ2) is 5.48. The predicted octanol–water partition coefficient (Wildman–Crippen LogP) is 5.55. The van der Waals surface area contributed by atoms with Crippen molar-refractivity contribution < 1.29 is 22.7 Å². The lowest BCUT2D eigenvalue weighted by molar-refractivity contribution is -0.164. The summed E-state index contributed by atoms with van der Waals surface area (Å²) in [6.07, 6.45) is -0.937. The van der Waals surface area contributed by atoms with E-state index in [4.69, 9.17) is 4.74 Å². The molecule has 3 aliphatic rings. The van der Waals surface area contributed by atoms with Crippen molar-refractivity contribution in [3.8, 4) is 5.75 Å². The van der Waals surface area contributed by atoms with Crippen molar-refractivity contribution in [2.24, 2.45) is 16.7 Å². The number of carbonyl (C=O) groups is 1. The number of rotatable bonds is 3. The Balaban J connectivity index is 1.84. The van der Waals surface area contributed by atoms with E-state index in [9.17, 15) is 18.0 Å². The van der Waals surface area contributed by atoms with E-state index in [0.717, 1.165) is 30.5 Å². The van der Waals surface area contributed by atoms with Crippen LogP contribution in [0.5, 0.6) is 5.75 Å². The fraction of sp³-hybridized carbons (Fsp3) is 0.450. The van der Waals surface area contributed by atoms with Crippen LogP contribution in [0, 0.1) is 16.7 Å². The van der Waals surface area contributed by atoms with Crippen LogP contribution in [0.25, 0.3) is 0 Å². The molecule has 0 N–H and O–H groups in total. The molecule has 2 atom stereocenters. The van der Waals surface area contributed by atoms with Crippen LogP contribution in [-0.2, 0) is 11.0 Å². The number of hydrogen-bond donors (Lipinski definition) is 0.